The zero-order valence-corrected chi connectivity index (χ0v) is 12.7. The van der Waals surface area contributed by atoms with Gasteiger partial charge in [-0.1, -0.05) is 12.1 Å². The van der Waals surface area contributed by atoms with Gasteiger partial charge >= 0.3 is 5.97 Å². The van der Waals surface area contributed by atoms with Gasteiger partial charge in [0.25, 0.3) is 5.56 Å². The summed E-state index contributed by atoms with van der Waals surface area (Å²) >= 11 is 1.36. The number of pyridine rings is 1. The fourth-order valence-electron chi connectivity index (χ4n) is 2.40. The molecule has 0 radical (unpaired) electrons. The zero-order valence-electron chi connectivity index (χ0n) is 11.9. The third-order valence-electron chi connectivity index (χ3n) is 3.40. The first-order valence-electron chi connectivity index (χ1n) is 6.51. The molecule has 0 saturated carbocycles. The summed E-state index contributed by atoms with van der Waals surface area (Å²) in [6.07, 6.45) is 0. The van der Waals surface area contributed by atoms with Crippen molar-refractivity contribution in [3.05, 3.63) is 63.1 Å². The van der Waals surface area contributed by atoms with Gasteiger partial charge in [0.2, 0.25) is 0 Å². The molecule has 0 spiro atoms. The smallest absolute Gasteiger partial charge is 0.338 e. The highest BCUT2D eigenvalue weighted by Gasteiger charge is 2.20. The summed E-state index contributed by atoms with van der Waals surface area (Å²) in [5, 5.41) is 1.83. The van der Waals surface area contributed by atoms with Crippen LogP contribution in [0.1, 0.15) is 16.1 Å². The lowest BCUT2D eigenvalue weighted by Crippen LogP contribution is -2.20. The van der Waals surface area contributed by atoms with Crippen molar-refractivity contribution < 1.29 is 13.9 Å². The second-order valence-corrected chi connectivity index (χ2v) is 5.68. The molecule has 0 fully saturated rings. The Kier molecular flexibility index (Phi) is 3.54. The Labute approximate surface area is 129 Å². The van der Waals surface area contributed by atoms with Crippen LogP contribution in [0, 0.1) is 12.7 Å². The molecule has 4 nitrogen and oxygen atoms in total. The van der Waals surface area contributed by atoms with Crippen molar-refractivity contribution in [2.75, 3.05) is 7.11 Å². The van der Waals surface area contributed by atoms with Gasteiger partial charge in [0.05, 0.1) is 18.2 Å². The first kappa shape index (κ1) is 14.5. The largest absolute Gasteiger partial charge is 0.465 e. The van der Waals surface area contributed by atoms with Crippen LogP contribution < -0.4 is 5.56 Å². The molecule has 0 aliphatic carbocycles. The van der Waals surface area contributed by atoms with E-state index in [1.54, 1.807) is 19.1 Å². The Bertz CT molecular complexity index is 942. The number of hydrogen-bond acceptors (Lipinski definition) is 4. The quantitative estimate of drug-likeness (QED) is 0.682. The monoisotopic (exact) mass is 317 g/mol. The minimum atomic E-state index is -0.620. The molecule has 0 aliphatic heterocycles. The van der Waals surface area contributed by atoms with Crippen LogP contribution in [0.3, 0.4) is 0 Å². The Balaban J connectivity index is 2.44. The van der Waals surface area contributed by atoms with E-state index in [0.717, 1.165) is 5.69 Å². The van der Waals surface area contributed by atoms with Crippen LogP contribution in [0.2, 0.25) is 0 Å². The molecule has 0 aliphatic rings. The van der Waals surface area contributed by atoms with Crippen molar-refractivity contribution in [3.8, 4) is 11.1 Å². The second-order valence-electron chi connectivity index (χ2n) is 4.79. The Morgan fingerprint density at radius 3 is 2.77 bits per heavy atom. The number of ether oxygens (including phenoxy) is 1. The summed E-state index contributed by atoms with van der Waals surface area (Å²) < 4.78 is 19.8. The Morgan fingerprint density at radius 2 is 2.09 bits per heavy atom. The van der Waals surface area contributed by atoms with E-state index in [-0.39, 0.29) is 16.7 Å². The molecule has 0 N–H and O–H groups in total. The maximum Gasteiger partial charge on any atom is 0.338 e. The fraction of sp³-hybridized carbons (Fsp3) is 0.125. The molecule has 112 valence electrons. The first-order valence-corrected chi connectivity index (χ1v) is 7.39. The van der Waals surface area contributed by atoms with E-state index in [4.69, 9.17) is 4.74 Å². The van der Waals surface area contributed by atoms with Gasteiger partial charge < -0.3 is 4.74 Å². The van der Waals surface area contributed by atoms with E-state index >= 15 is 0 Å². The lowest BCUT2D eigenvalue weighted by molar-refractivity contribution is 0.0601. The molecule has 3 aromatic rings. The molecule has 0 unspecified atom stereocenters. The van der Waals surface area contributed by atoms with Crippen LogP contribution in [0.4, 0.5) is 4.39 Å². The molecule has 1 aromatic carbocycles. The number of rotatable bonds is 2. The van der Waals surface area contributed by atoms with E-state index in [2.05, 4.69) is 0 Å². The van der Waals surface area contributed by atoms with Gasteiger partial charge in [-0.25, -0.2) is 9.18 Å². The number of aryl methyl sites for hydroxylation is 1. The molecule has 3 rings (SSSR count). The highest BCUT2D eigenvalue weighted by molar-refractivity contribution is 7.15. The molecule has 2 heterocycles. The summed E-state index contributed by atoms with van der Waals surface area (Å²) in [7, 11) is 1.25. The summed E-state index contributed by atoms with van der Waals surface area (Å²) in [5.74, 6) is -1.09. The molecular formula is C16H12FNO3S. The number of methoxy groups -OCH3 is 1. The van der Waals surface area contributed by atoms with Crippen LogP contribution in [-0.4, -0.2) is 17.5 Å². The van der Waals surface area contributed by atoms with E-state index in [1.807, 2.05) is 5.38 Å². The zero-order chi connectivity index (χ0) is 15.9. The molecule has 0 bridgehead atoms. The van der Waals surface area contributed by atoms with E-state index in [9.17, 15) is 14.0 Å². The average molecular weight is 317 g/mol. The highest BCUT2D eigenvalue weighted by Crippen LogP contribution is 2.25. The lowest BCUT2D eigenvalue weighted by Gasteiger charge is -2.09. The third kappa shape index (κ3) is 2.21. The average Bonchev–Trinajstić information content (AvgIpc) is 2.87. The van der Waals surface area contributed by atoms with E-state index in [0.29, 0.717) is 10.4 Å². The van der Waals surface area contributed by atoms with Gasteiger partial charge in [-0.2, -0.15) is 0 Å². The number of aromatic nitrogens is 1. The van der Waals surface area contributed by atoms with Crippen molar-refractivity contribution >= 4 is 22.1 Å². The van der Waals surface area contributed by atoms with Gasteiger partial charge in [-0.05, 0) is 30.7 Å². The molecule has 2 aromatic heterocycles. The normalized spacial score (nSPS) is 10.9. The van der Waals surface area contributed by atoms with Crippen LogP contribution in [0.15, 0.2) is 40.5 Å². The minimum absolute atomic E-state index is 0.139. The van der Waals surface area contributed by atoms with Crippen LogP contribution in [-0.2, 0) is 4.74 Å². The van der Waals surface area contributed by atoms with Crippen molar-refractivity contribution in [3.63, 3.8) is 0 Å². The third-order valence-corrected chi connectivity index (χ3v) is 4.40. The molecule has 6 heteroatoms. The van der Waals surface area contributed by atoms with Crippen molar-refractivity contribution in [2.24, 2.45) is 0 Å². The van der Waals surface area contributed by atoms with Crippen molar-refractivity contribution in [1.29, 1.82) is 0 Å². The van der Waals surface area contributed by atoms with Crippen LogP contribution in [0.5, 0.6) is 0 Å². The predicted octanol–water partition coefficient (Wildman–Crippen LogP) is 3.26. The van der Waals surface area contributed by atoms with Gasteiger partial charge in [0.15, 0.2) is 0 Å². The molecule has 22 heavy (non-hydrogen) atoms. The number of thiazole rings is 1. The van der Waals surface area contributed by atoms with Crippen LogP contribution >= 0.6 is 11.3 Å². The number of carbonyl (C=O) groups is 1. The second kappa shape index (κ2) is 5.38. The number of carbonyl (C=O) groups excluding carboxylic acids is 1. The standard InChI is InChI=1S/C16H12FNO3S/c1-9-8-22-13-7-12(16(20)21-2)14(15(19)18(9)13)10-4-3-5-11(17)6-10/h3-8H,1-2H3. The van der Waals surface area contributed by atoms with Gasteiger partial charge in [-0.3, -0.25) is 9.20 Å². The van der Waals surface area contributed by atoms with Crippen molar-refractivity contribution in [2.45, 2.75) is 6.92 Å². The van der Waals surface area contributed by atoms with Gasteiger partial charge in [0.1, 0.15) is 10.6 Å². The summed E-state index contributed by atoms with van der Waals surface area (Å²) in [6, 6.07) is 7.22. The van der Waals surface area contributed by atoms with Crippen molar-refractivity contribution in [1.82, 2.24) is 4.40 Å². The van der Waals surface area contributed by atoms with E-state index in [1.165, 1.54) is 41.0 Å². The van der Waals surface area contributed by atoms with Gasteiger partial charge in [-0.15, -0.1) is 11.3 Å². The molecular weight excluding hydrogens is 305 g/mol. The molecule has 0 saturated heterocycles. The number of hydrogen-bond donors (Lipinski definition) is 0. The number of esters is 1. The maximum atomic E-state index is 13.5. The molecule has 0 atom stereocenters. The molecule has 0 amide bonds. The van der Waals surface area contributed by atoms with Gasteiger partial charge in [0, 0.05) is 11.1 Å². The summed E-state index contributed by atoms with van der Waals surface area (Å²) in [4.78, 5) is 25.5. The fourth-order valence-corrected chi connectivity index (χ4v) is 3.32. The number of benzene rings is 1. The predicted molar refractivity (Wildman–Crippen MR) is 83.0 cm³/mol. The Morgan fingerprint density at radius 1 is 1.32 bits per heavy atom. The SMILES string of the molecule is COC(=O)c1cc2scc(C)n2c(=O)c1-c1cccc(F)c1. The topological polar surface area (TPSA) is 47.8 Å². The highest BCUT2D eigenvalue weighted by atomic mass is 32.1. The lowest BCUT2D eigenvalue weighted by atomic mass is 10.0. The summed E-state index contributed by atoms with van der Waals surface area (Å²) in [6.45, 7) is 1.80. The Hall–Kier alpha value is -2.47. The first-order chi connectivity index (χ1) is 10.5. The maximum absolute atomic E-state index is 13.5. The minimum Gasteiger partial charge on any atom is -0.465 e. The number of halogens is 1. The summed E-state index contributed by atoms with van der Waals surface area (Å²) in [5.41, 5.74) is 1.04. The van der Waals surface area contributed by atoms with E-state index < -0.39 is 11.8 Å². The number of nitrogens with zero attached hydrogens (tertiary/aromatic N) is 1. The van der Waals surface area contributed by atoms with Crippen LogP contribution in [0.25, 0.3) is 16.0 Å². The number of fused-ring (bicyclic) bond motifs is 1.